The lowest BCUT2D eigenvalue weighted by molar-refractivity contribution is -0.131. The van der Waals surface area contributed by atoms with Gasteiger partial charge in [-0.1, -0.05) is 25.0 Å². The fourth-order valence-electron chi connectivity index (χ4n) is 3.95. The van der Waals surface area contributed by atoms with Crippen LogP contribution in [0.3, 0.4) is 0 Å². The number of fused-ring (bicyclic) bond motifs is 1. The van der Waals surface area contributed by atoms with Crippen LogP contribution in [0.25, 0.3) is 22.2 Å². The Hall–Kier alpha value is -2.89. The second-order valence-electron chi connectivity index (χ2n) is 7.32. The smallest absolute Gasteiger partial charge is 0.244 e. The van der Waals surface area contributed by atoms with E-state index < -0.39 is 0 Å². The number of carbonyl (C=O) groups excluding carboxylic acids is 1. The van der Waals surface area contributed by atoms with Gasteiger partial charge in [-0.15, -0.1) is 0 Å². The summed E-state index contributed by atoms with van der Waals surface area (Å²) in [7, 11) is 1.66. The summed E-state index contributed by atoms with van der Waals surface area (Å²) in [4.78, 5) is 19.3. The van der Waals surface area contributed by atoms with Gasteiger partial charge < -0.3 is 9.64 Å². The summed E-state index contributed by atoms with van der Waals surface area (Å²) in [6.07, 6.45) is 6.38. The predicted molar refractivity (Wildman–Crippen MR) is 109 cm³/mol. The minimum absolute atomic E-state index is 0.128. The van der Waals surface area contributed by atoms with E-state index in [1.165, 1.54) is 12.8 Å². The number of rotatable bonds is 4. The van der Waals surface area contributed by atoms with Crippen LogP contribution in [0.5, 0.6) is 5.75 Å². The molecule has 0 N–H and O–H groups in total. The molecule has 1 aliphatic heterocycles. The van der Waals surface area contributed by atoms with Crippen molar-refractivity contribution in [3.05, 3.63) is 42.2 Å². The summed E-state index contributed by atoms with van der Waals surface area (Å²) in [5.41, 5.74) is 3.79. The van der Waals surface area contributed by atoms with Crippen LogP contribution in [-0.4, -0.2) is 45.8 Å². The zero-order valence-corrected chi connectivity index (χ0v) is 16.5. The minimum atomic E-state index is 0.128. The standard InChI is InChI=1S/C22H26N4O2/c1-16-21-19(17-7-9-18(28-2)10-8-17)11-12-23-22(21)26(24-16)15-20(27)25-13-5-3-4-6-14-25/h7-12H,3-6,13-15H2,1-2H3. The molecule has 1 aromatic carbocycles. The van der Waals surface area contributed by atoms with E-state index in [0.717, 1.165) is 59.5 Å². The zero-order valence-electron chi connectivity index (χ0n) is 16.5. The molecule has 6 nitrogen and oxygen atoms in total. The average molecular weight is 378 g/mol. The van der Waals surface area contributed by atoms with E-state index in [9.17, 15) is 4.79 Å². The Labute approximate surface area is 165 Å². The SMILES string of the molecule is COc1ccc(-c2ccnc3c2c(C)nn3CC(=O)N2CCCCCC2)cc1. The summed E-state index contributed by atoms with van der Waals surface area (Å²) in [6.45, 7) is 3.91. The van der Waals surface area contributed by atoms with Gasteiger partial charge in [0.2, 0.25) is 5.91 Å². The lowest BCUT2D eigenvalue weighted by Crippen LogP contribution is -2.34. The quantitative estimate of drug-likeness (QED) is 0.692. The van der Waals surface area contributed by atoms with E-state index in [-0.39, 0.29) is 12.5 Å². The van der Waals surface area contributed by atoms with Gasteiger partial charge in [0, 0.05) is 24.7 Å². The molecule has 28 heavy (non-hydrogen) atoms. The molecule has 0 radical (unpaired) electrons. The Balaban J connectivity index is 1.66. The van der Waals surface area contributed by atoms with Gasteiger partial charge in [0.15, 0.2) is 5.65 Å². The number of hydrogen-bond acceptors (Lipinski definition) is 4. The normalized spacial score (nSPS) is 14.9. The Kier molecular flexibility index (Phi) is 5.28. The second kappa shape index (κ2) is 8.00. The van der Waals surface area contributed by atoms with Crippen LogP contribution >= 0.6 is 0 Å². The third-order valence-corrected chi connectivity index (χ3v) is 5.45. The van der Waals surface area contributed by atoms with Crippen LogP contribution in [0.1, 0.15) is 31.4 Å². The lowest BCUT2D eigenvalue weighted by Gasteiger charge is -2.20. The van der Waals surface area contributed by atoms with Crippen molar-refractivity contribution in [3.63, 3.8) is 0 Å². The molecule has 3 aromatic rings. The molecule has 0 unspecified atom stereocenters. The van der Waals surface area contributed by atoms with Crippen LogP contribution in [0.15, 0.2) is 36.5 Å². The van der Waals surface area contributed by atoms with Gasteiger partial charge in [-0.2, -0.15) is 5.10 Å². The van der Waals surface area contributed by atoms with E-state index in [0.29, 0.717) is 0 Å². The van der Waals surface area contributed by atoms with Gasteiger partial charge in [0.05, 0.1) is 12.8 Å². The Morgan fingerprint density at radius 1 is 1.07 bits per heavy atom. The number of methoxy groups -OCH3 is 1. The molecule has 6 heteroatoms. The maximum atomic E-state index is 12.8. The third-order valence-electron chi connectivity index (χ3n) is 5.45. The van der Waals surface area contributed by atoms with Crippen LogP contribution in [0.2, 0.25) is 0 Å². The number of aromatic nitrogens is 3. The van der Waals surface area contributed by atoms with Crippen molar-refractivity contribution in [1.82, 2.24) is 19.7 Å². The summed E-state index contributed by atoms with van der Waals surface area (Å²) >= 11 is 0. The molecular weight excluding hydrogens is 352 g/mol. The van der Waals surface area contributed by atoms with Crippen molar-refractivity contribution in [3.8, 4) is 16.9 Å². The van der Waals surface area contributed by atoms with E-state index in [1.54, 1.807) is 18.0 Å². The van der Waals surface area contributed by atoms with Crippen molar-refractivity contribution >= 4 is 16.9 Å². The monoisotopic (exact) mass is 378 g/mol. The topological polar surface area (TPSA) is 60.3 Å². The molecule has 1 saturated heterocycles. The van der Waals surface area contributed by atoms with Crippen molar-refractivity contribution in [2.75, 3.05) is 20.2 Å². The second-order valence-corrected chi connectivity index (χ2v) is 7.32. The Morgan fingerprint density at radius 3 is 2.46 bits per heavy atom. The number of pyridine rings is 1. The summed E-state index contributed by atoms with van der Waals surface area (Å²) < 4.78 is 7.01. The van der Waals surface area contributed by atoms with E-state index >= 15 is 0 Å². The molecule has 0 spiro atoms. The van der Waals surface area contributed by atoms with E-state index in [1.807, 2.05) is 42.2 Å². The number of aryl methyl sites for hydroxylation is 1. The molecule has 1 amide bonds. The molecule has 3 heterocycles. The summed E-state index contributed by atoms with van der Waals surface area (Å²) in [6, 6.07) is 9.97. The molecule has 1 fully saturated rings. The highest BCUT2D eigenvalue weighted by Gasteiger charge is 2.20. The molecule has 0 saturated carbocycles. The lowest BCUT2D eigenvalue weighted by atomic mass is 10.0. The molecule has 0 aliphatic carbocycles. The minimum Gasteiger partial charge on any atom is -0.497 e. The maximum absolute atomic E-state index is 12.8. The van der Waals surface area contributed by atoms with E-state index in [4.69, 9.17) is 4.74 Å². The number of amides is 1. The van der Waals surface area contributed by atoms with Gasteiger partial charge in [0.1, 0.15) is 12.3 Å². The van der Waals surface area contributed by atoms with Crippen molar-refractivity contribution in [1.29, 1.82) is 0 Å². The number of likely N-dealkylation sites (tertiary alicyclic amines) is 1. The highest BCUT2D eigenvalue weighted by Crippen LogP contribution is 2.31. The molecule has 4 rings (SSSR count). The molecule has 0 atom stereocenters. The first-order valence-electron chi connectivity index (χ1n) is 9.91. The molecule has 0 bridgehead atoms. The van der Waals surface area contributed by atoms with Crippen LogP contribution in [0.4, 0.5) is 0 Å². The van der Waals surface area contributed by atoms with Crippen molar-refractivity contribution < 1.29 is 9.53 Å². The van der Waals surface area contributed by atoms with Crippen molar-refractivity contribution in [2.24, 2.45) is 0 Å². The molecule has 146 valence electrons. The number of benzene rings is 1. The number of nitrogens with zero attached hydrogens (tertiary/aromatic N) is 4. The number of ether oxygens (including phenoxy) is 1. The Morgan fingerprint density at radius 2 is 1.79 bits per heavy atom. The number of carbonyl (C=O) groups is 1. The fraction of sp³-hybridized carbons (Fsp3) is 0.409. The van der Waals surface area contributed by atoms with Gasteiger partial charge in [-0.25, -0.2) is 9.67 Å². The highest BCUT2D eigenvalue weighted by atomic mass is 16.5. The predicted octanol–water partition coefficient (Wildman–Crippen LogP) is 3.82. The summed E-state index contributed by atoms with van der Waals surface area (Å²) in [5, 5.41) is 5.65. The Bertz CT molecular complexity index is 970. The first-order valence-corrected chi connectivity index (χ1v) is 9.91. The number of hydrogen-bond donors (Lipinski definition) is 0. The first-order chi connectivity index (χ1) is 13.7. The fourth-order valence-corrected chi connectivity index (χ4v) is 3.95. The average Bonchev–Trinajstić information content (AvgIpc) is 2.91. The van der Waals surface area contributed by atoms with Gasteiger partial charge in [-0.3, -0.25) is 4.79 Å². The molecular formula is C22H26N4O2. The third kappa shape index (κ3) is 3.59. The van der Waals surface area contributed by atoms with Gasteiger partial charge >= 0.3 is 0 Å². The van der Waals surface area contributed by atoms with Crippen LogP contribution in [-0.2, 0) is 11.3 Å². The molecule has 2 aromatic heterocycles. The van der Waals surface area contributed by atoms with Gasteiger partial charge in [0.25, 0.3) is 0 Å². The summed E-state index contributed by atoms with van der Waals surface area (Å²) in [5.74, 6) is 0.951. The van der Waals surface area contributed by atoms with Gasteiger partial charge in [-0.05, 0) is 49.1 Å². The largest absolute Gasteiger partial charge is 0.497 e. The van der Waals surface area contributed by atoms with Crippen molar-refractivity contribution in [2.45, 2.75) is 39.2 Å². The molecule has 1 aliphatic rings. The zero-order chi connectivity index (χ0) is 19.5. The van der Waals surface area contributed by atoms with Crippen LogP contribution in [0, 0.1) is 6.92 Å². The maximum Gasteiger partial charge on any atom is 0.244 e. The highest BCUT2D eigenvalue weighted by molar-refractivity contribution is 5.95. The van der Waals surface area contributed by atoms with E-state index in [2.05, 4.69) is 10.1 Å². The van der Waals surface area contributed by atoms with Crippen LogP contribution < -0.4 is 4.74 Å². The first kappa shape index (κ1) is 18.5.